The number of benzene rings is 1. The van der Waals surface area contributed by atoms with Gasteiger partial charge in [-0.05, 0) is 62.1 Å². The lowest BCUT2D eigenvalue weighted by Gasteiger charge is -2.17. The fourth-order valence-electron chi connectivity index (χ4n) is 2.88. The van der Waals surface area contributed by atoms with E-state index in [4.69, 9.17) is 4.74 Å². The Balaban J connectivity index is 1.87. The molecule has 3 rings (SSSR count). The van der Waals surface area contributed by atoms with Crippen LogP contribution in [0.4, 0.5) is 5.69 Å². The van der Waals surface area contributed by atoms with Crippen LogP contribution in [0.15, 0.2) is 30.3 Å². The number of pyridine rings is 1. The van der Waals surface area contributed by atoms with Gasteiger partial charge in [0.1, 0.15) is 5.75 Å². The van der Waals surface area contributed by atoms with Crippen LogP contribution >= 0.6 is 0 Å². The van der Waals surface area contributed by atoms with Crippen LogP contribution in [0.25, 0.3) is 0 Å². The van der Waals surface area contributed by atoms with E-state index < -0.39 is 0 Å². The fraction of sp³-hybridized carbons (Fsp3) is 0.353. The number of nitrogens with one attached hydrogen (secondary N) is 1. The number of hydrogen-bond donors (Lipinski definition) is 1. The van der Waals surface area contributed by atoms with Gasteiger partial charge in [-0.3, -0.25) is 4.98 Å². The smallest absolute Gasteiger partial charge is 0.119 e. The monoisotopic (exact) mass is 268 g/mol. The second-order valence-electron chi connectivity index (χ2n) is 5.39. The van der Waals surface area contributed by atoms with Crippen molar-refractivity contribution in [1.82, 2.24) is 4.98 Å². The van der Waals surface area contributed by atoms with Crippen LogP contribution in [-0.4, -0.2) is 12.1 Å². The molecule has 3 heteroatoms. The molecule has 1 unspecified atom stereocenters. The average Bonchev–Trinajstić information content (AvgIpc) is 2.84. The summed E-state index contributed by atoms with van der Waals surface area (Å²) in [5.41, 5.74) is 6.00. The lowest BCUT2D eigenvalue weighted by molar-refractivity contribution is 0.414. The highest BCUT2D eigenvalue weighted by Gasteiger charge is 2.23. The standard InChI is InChI=1S/C17H20N2O/c1-11-4-8-16(12(2)18-11)19-17-9-6-13-5-7-14(20-3)10-15(13)17/h4-5,7-8,10,17,19H,6,9H2,1-3H3. The summed E-state index contributed by atoms with van der Waals surface area (Å²) in [6, 6.07) is 10.9. The summed E-state index contributed by atoms with van der Waals surface area (Å²) in [4.78, 5) is 4.52. The van der Waals surface area contributed by atoms with Crippen molar-refractivity contribution < 1.29 is 4.74 Å². The van der Waals surface area contributed by atoms with Crippen molar-refractivity contribution in [2.45, 2.75) is 32.7 Å². The highest BCUT2D eigenvalue weighted by atomic mass is 16.5. The van der Waals surface area contributed by atoms with Gasteiger partial charge in [-0.2, -0.15) is 0 Å². The molecule has 1 aromatic carbocycles. The van der Waals surface area contributed by atoms with E-state index in [2.05, 4.69) is 41.5 Å². The molecule has 20 heavy (non-hydrogen) atoms. The number of aryl methyl sites for hydroxylation is 3. The van der Waals surface area contributed by atoms with Crippen molar-refractivity contribution in [3.8, 4) is 5.75 Å². The molecule has 1 aromatic heterocycles. The summed E-state index contributed by atoms with van der Waals surface area (Å²) < 4.78 is 5.34. The first kappa shape index (κ1) is 13.0. The maximum absolute atomic E-state index is 5.34. The van der Waals surface area contributed by atoms with Crippen molar-refractivity contribution in [1.29, 1.82) is 0 Å². The lowest BCUT2D eigenvalue weighted by Crippen LogP contribution is -2.09. The van der Waals surface area contributed by atoms with Crippen LogP contribution < -0.4 is 10.1 Å². The minimum atomic E-state index is 0.350. The SMILES string of the molecule is COc1ccc2c(c1)C(Nc1ccc(C)nc1C)CC2. The van der Waals surface area contributed by atoms with Crippen molar-refractivity contribution in [3.63, 3.8) is 0 Å². The fourth-order valence-corrected chi connectivity index (χ4v) is 2.88. The molecule has 0 aliphatic heterocycles. The molecule has 1 atom stereocenters. The third kappa shape index (κ3) is 2.36. The van der Waals surface area contributed by atoms with Gasteiger partial charge >= 0.3 is 0 Å². The van der Waals surface area contributed by atoms with Crippen LogP contribution in [-0.2, 0) is 6.42 Å². The second-order valence-corrected chi connectivity index (χ2v) is 5.39. The van der Waals surface area contributed by atoms with E-state index in [1.807, 2.05) is 13.0 Å². The molecule has 0 fully saturated rings. The largest absolute Gasteiger partial charge is 0.497 e. The predicted octanol–water partition coefficient (Wildman–Crippen LogP) is 3.81. The van der Waals surface area contributed by atoms with E-state index in [-0.39, 0.29) is 0 Å². The highest BCUT2D eigenvalue weighted by molar-refractivity contribution is 5.52. The first-order valence-corrected chi connectivity index (χ1v) is 7.05. The van der Waals surface area contributed by atoms with Crippen LogP contribution in [0.1, 0.15) is 35.0 Å². The van der Waals surface area contributed by atoms with Crippen LogP contribution in [0.5, 0.6) is 5.75 Å². The van der Waals surface area contributed by atoms with Crippen LogP contribution in [0.3, 0.4) is 0 Å². The van der Waals surface area contributed by atoms with Gasteiger partial charge in [0, 0.05) is 5.69 Å². The third-order valence-electron chi connectivity index (χ3n) is 3.99. The molecule has 1 aliphatic rings. The van der Waals surface area contributed by atoms with Crippen LogP contribution in [0, 0.1) is 13.8 Å². The van der Waals surface area contributed by atoms with Gasteiger partial charge in [0.15, 0.2) is 0 Å². The minimum Gasteiger partial charge on any atom is -0.497 e. The molecule has 2 aromatic rings. The maximum Gasteiger partial charge on any atom is 0.119 e. The van der Waals surface area contributed by atoms with E-state index in [0.717, 1.165) is 35.7 Å². The van der Waals surface area contributed by atoms with Gasteiger partial charge in [0.05, 0.1) is 24.5 Å². The van der Waals surface area contributed by atoms with Gasteiger partial charge in [-0.25, -0.2) is 0 Å². The Morgan fingerprint density at radius 1 is 1.20 bits per heavy atom. The second kappa shape index (κ2) is 5.16. The topological polar surface area (TPSA) is 34.1 Å². The average molecular weight is 268 g/mol. The molecular formula is C17H20N2O. The van der Waals surface area contributed by atoms with Gasteiger partial charge in [0.2, 0.25) is 0 Å². The Bertz CT molecular complexity index is 637. The Hall–Kier alpha value is -2.03. The molecule has 0 radical (unpaired) electrons. The zero-order valence-electron chi connectivity index (χ0n) is 12.2. The lowest BCUT2D eigenvalue weighted by atomic mass is 10.1. The number of nitrogens with zero attached hydrogens (tertiary/aromatic N) is 1. The summed E-state index contributed by atoms with van der Waals surface area (Å²) in [7, 11) is 1.72. The molecule has 0 amide bonds. The molecular weight excluding hydrogens is 248 g/mol. The molecule has 104 valence electrons. The number of aromatic nitrogens is 1. The minimum absolute atomic E-state index is 0.350. The number of hydrogen-bond acceptors (Lipinski definition) is 3. The van der Waals surface area contributed by atoms with E-state index in [1.165, 1.54) is 11.1 Å². The zero-order valence-corrected chi connectivity index (χ0v) is 12.2. The summed E-state index contributed by atoms with van der Waals surface area (Å²) >= 11 is 0. The molecule has 0 bridgehead atoms. The third-order valence-corrected chi connectivity index (χ3v) is 3.99. The molecule has 3 nitrogen and oxygen atoms in total. The van der Waals surface area contributed by atoms with Crippen molar-refractivity contribution in [2.75, 3.05) is 12.4 Å². The Kier molecular flexibility index (Phi) is 3.35. The zero-order chi connectivity index (χ0) is 14.1. The molecule has 0 spiro atoms. The van der Waals surface area contributed by atoms with E-state index in [9.17, 15) is 0 Å². The number of fused-ring (bicyclic) bond motifs is 1. The Morgan fingerprint density at radius 2 is 2.05 bits per heavy atom. The summed E-state index contributed by atoms with van der Waals surface area (Å²) in [5.74, 6) is 0.927. The quantitative estimate of drug-likeness (QED) is 0.919. The molecule has 1 heterocycles. The Morgan fingerprint density at radius 3 is 2.80 bits per heavy atom. The van der Waals surface area contributed by atoms with E-state index in [0.29, 0.717) is 6.04 Å². The summed E-state index contributed by atoms with van der Waals surface area (Å²) in [5, 5.41) is 3.63. The first-order valence-electron chi connectivity index (χ1n) is 7.05. The molecule has 0 saturated carbocycles. The normalized spacial score (nSPS) is 16.9. The van der Waals surface area contributed by atoms with Crippen molar-refractivity contribution in [3.05, 3.63) is 52.8 Å². The molecule has 1 N–H and O–H groups in total. The first-order chi connectivity index (χ1) is 9.67. The Labute approximate surface area is 120 Å². The van der Waals surface area contributed by atoms with Crippen molar-refractivity contribution >= 4 is 5.69 Å². The summed E-state index contributed by atoms with van der Waals surface area (Å²) in [6.45, 7) is 4.07. The highest BCUT2D eigenvalue weighted by Crippen LogP contribution is 2.36. The van der Waals surface area contributed by atoms with Gasteiger partial charge in [0.25, 0.3) is 0 Å². The predicted molar refractivity (Wildman–Crippen MR) is 81.4 cm³/mol. The van der Waals surface area contributed by atoms with Gasteiger partial charge < -0.3 is 10.1 Å². The maximum atomic E-state index is 5.34. The number of rotatable bonds is 3. The number of ether oxygens (including phenoxy) is 1. The summed E-state index contributed by atoms with van der Waals surface area (Å²) in [6.07, 6.45) is 2.24. The van der Waals surface area contributed by atoms with Crippen molar-refractivity contribution in [2.24, 2.45) is 0 Å². The van der Waals surface area contributed by atoms with E-state index in [1.54, 1.807) is 7.11 Å². The molecule has 0 saturated heterocycles. The van der Waals surface area contributed by atoms with Crippen LogP contribution in [0.2, 0.25) is 0 Å². The number of anilines is 1. The number of methoxy groups -OCH3 is 1. The van der Waals surface area contributed by atoms with Gasteiger partial charge in [-0.1, -0.05) is 6.07 Å². The molecule has 1 aliphatic carbocycles. The van der Waals surface area contributed by atoms with E-state index >= 15 is 0 Å². The van der Waals surface area contributed by atoms with Gasteiger partial charge in [-0.15, -0.1) is 0 Å².